The van der Waals surface area contributed by atoms with Crippen molar-refractivity contribution >= 4 is 21.8 Å². The van der Waals surface area contributed by atoms with Gasteiger partial charge in [-0.25, -0.2) is 0 Å². The van der Waals surface area contributed by atoms with Crippen molar-refractivity contribution in [3.63, 3.8) is 0 Å². The molecule has 1 amide bonds. The topological polar surface area (TPSA) is 73.3 Å². The molecule has 0 N–H and O–H groups in total. The summed E-state index contributed by atoms with van der Waals surface area (Å²) in [6.45, 7) is 4.61. The predicted molar refractivity (Wildman–Crippen MR) is 98.5 cm³/mol. The predicted octanol–water partition coefficient (Wildman–Crippen LogP) is 0.622. The van der Waals surface area contributed by atoms with Crippen molar-refractivity contribution in [3.8, 4) is 0 Å². The zero-order valence-corrected chi connectivity index (χ0v) is 15.8. The molecule has 26 heavy (non-hydrogen) atoms. The number of amides is 1. The molecule has 1 aliphatic carbocycles. The normalized spacial score (nSPS) is 22.0. The molecule has 140 valence electrons. The van der Waals surface area contributed by atoms with Crippen LogP contribution < -0.4 is 0 Å². The molecule has 2 fully saturated rings. The van der Waals surface area contributed by atoms with Crippen LogP contribution >= 0.6 is 0 Å². The highest BCUT2D eigenvalue weighted by molar-refractivity contribution is 7.90. The van der Waals surface area contributed by atoms with Gasteiger partial charge in [-0.3, -0.25) is 9.69 Å². The summed E-state index contributed by atoms with van der Waals surface area (Å²) in [7, 11) is -1.94. The first-order valence-corrected chi connectivity index (χ1v) is 10.5. The van der Waals surface area contributed by atoms with Crippen molar-refractivity contribution in [2.45, 2.75) is 17.7 Å². The maximum Gasteiger partial charge on any atom is 0.285 e. The molecular weight excluding hydrogens is 352 g/mol. The summed E-state index contributed by atoms with van der Waals surface area (Å²) < 4.78 is 28.2. The number of likely N-dealkylation sites (N-methyl/N-ethyl adjacent to an activating group) is 1. The Balaban J connectivity index is 1.38. The lowest BCUT2D eigenvalue weighted by Crippen LogP contribution is -2.51. The molecule has 1 saturated heterocycles. The van der Waals surface area contributed by atoms with E-state index in [1.807, 2.05) is 4.90 Å². The fourth-order valence-corrected chi connectivity index (χ4v) is 4.84. The summed E-state index contributed by atoms with van der Waals surface area (Å²) in [5.41, 5.74) is 0.567. The van der Waals surface area contributed by atoms with Gasteiger partial charge in [-0.05, 0) is 30.9 Å². The number of fused-ring (bicyclic) bond motifs is 1. The standard InChI is InChI=1S/C18H24N4O3S/c1-20(18-15-4-2-3-5-16(15)26(24,25)19-18)13-17(23)22-10-8-21(9-11-22)12-14-6-7-14/h2-5,14H,6-13H2,1H3. The van der Waals surface area contributed by atoms with Crippen LogP contribution in [0.5, 0.6) is 0 Å². The molecule has 3 aliphatic rings. The van der Waals surface area contributed by atoms with Gasteiger partial charge in [-0.2, -0.15) is 8.42 Å². The van der Waals surface area contributed by atoms with E-state index in [-0.39, 0.29) is 17.3 Å². The molecule has 2 aliphatic heterocycles. The van der Waals surface area contributed by atoms with E-state index in [1.165, 1.54) is 12.8 Å². The first-order valence-electron chi connectivity index (χ1n) is 9.10. The number of hydrogen-bond donors (Lipinski definition) is 0. The molecule has 1 aromatic rings. The molecule has 8 heteroatoms. The quantitative estimate of drug-likeness (QED) is 0.770. The summed E-state index contributed by atoms with van der Waals surface area (Å²) >= 11 is 0. The first-order chi connectivity index (χ1) is 12.4. The third-order valence-corrected chi connectivity index (χ3v) is 6.61. The Labute approximate surface area is 154 Å². The molecule has 0 radical (unpaired) electrons. The Morgan fingerprint density at radius 3 is 2.58 bits per heavy atom. The molecule has 1 aromatic carbocycles. The monoisotopic (exact) mass is 376 g/mol. The maximum absolute atomic E-state index is 12.6. The zero-order chi connectivity index (χ0) is 18.3. The number of rotatable bonds is 4. The van der Waals surface area contributed by atoms with E-state index in [0.29, 0.717) is 11.4 Å². The largest absolute Gasteiger partial charge is 0.349 e. The first kappa shape index (κ1) is 17.5. The lowest BCUT2D eigenvalue weighted by Gasteiger charge is -2.35. The Hall–Kier alpha value is -1.93. The van der Waals surface area contributed by atoms with E-state index in [2.05, 4.69) is 9.30 Å². The van der Waals surface area contributed by atoms with Gasteiger partial charge in [-0.15, -0.1) is 4.40 Å². The smallest absolute Gasteiger partial charge is 0.285 e. The van der Waals surface area contributed by atoms with Gasteiger partial charge in [0.05, 0.1) is 6.54 Å². The summed E-state index contributed by atoms with van der Waals surface area (Å²) in [6, 6.07) is 6.75. The molecule has 2 heterocycles. The number of piperazine rings is 1. The van der Waals surface area contributed by atoms with Gasteiger partial charge < -0.3 is 9.80 Å². The zero-order valence-electron chi connectivity index (χ0n) is 15.0. The van der Waals surface area contributed by atoms with Crippen LogP contribution in [-0.2, 0) is 14.8 Å². The molecule has 0 aromatic heterocycles. The number of benzene rings is 1. The summed E-state index contributed by atoms with van der Waals surface area (Å²) in [5.74, 6) is 1.23. The minimum absolute atomic E-state index is 0.0167. The van der Waals surface area contributed by atoms with Gasteiger partial charge in [-0.1, -0.05) is 12.1 Å². The highest BCUT2D eigenvalue weighted by atomic mass is 32.2. The molecule has 4 rings (SSSR count). The maximum atomic E-state index is 12.6. The fraction of sp³-hybridized carbons (Fsp3) is 0.556. The van der Waals surface area contributed by atoms with Crippen molar-refractivity contribution < 1.29 is 13.2 Å². The van der Waals surface area contributed by atoms with E-state index in [9.17, 15) is 13.2 Å². The third kappa shape index (κ3) is 3.48. The van der Waals surface area contributed by atoms with E-state index in [1.54, 1.807) is 36.2 Å². The van der Waals surface area contributed by atoms with E-state index in [4.69, 9.17) is 0 Å². The summed E-state index contributed by atoms with van der Waals surface area (Å²) in [4.78, 5) is 18.8. The Bertz CT molecular complexity index is 840. The van der Waals surface area contributed by atoms with Crippen LogP contribution in [0.4, 0.5) is 0 Å². The van der Waals surface area contributed by atoms with Crippen LogP contribution in [0.3, 0.4) is 0 Å². The van der Waals surface area contributed by atoms with Crippen molar-refractivity contribution in [2.24, 2.45) is 10.3 Å². The number of nitrogens with zero attached hydrogens (tertiary/aromatic N) is 4. The highest BCUT2D eigenvalue weighted by Gasteiger charge is 2.32. The number of sulfonamides is 1. The van der Waals surface area contributed by atoms with Crippen LogP contribution in [0.1, 0.15) is 18.4 Å². The van der Waals surface area contributed by atoms with Crippen LogP contribution in [0.25, 0.3) is 0 Å². The number of amidine groups is 1. The lowest BCUT2D eigenvalue weighted by atomic mass is 10.2. The van der Waals surface area contributed by atoms with Gasteiger partial charge in [0, 0.05) is 45.3 Å². The molecule has 7 nitrogen and oxygen atoms in total. The lowest BCUT2D eigenvalue weighted by molar-refractivity contribution is -0.133. The molecule has 0 bridgehead atoms. The number of carbonyl (C=O) groups excluding carboxylic acids is 1. The van der Waals surface area contributed by atoms with Crippen molar-refractivity contribution in [1.29, 1.82) is 0 Å². The second-order valence-corrected chi connectivity index (χ2v) is 8.94. The van der Waals surface area contributed by atoms with Gasteiger partial charge in [0.25, 0.3) is 10.0 Å². The van der Waals surface area contributed by atoms with E-state index < -0.39 is 10.0 Å². The van der Waals surface area contributed by atoms with Gasteiger partial charge in [0.1, 0.15) is 4.90 Å². The van der Waals surface area contributed by atoms with Crippen molar-refractivity contribution in [3.05, 3.63) is 29.8 Å². The average molecular weight is 376 g/mol. The van der Waals surface area contributed by atoms with Crippen LogP contribution in [-0.4, -0.2) is 81.2 Å². The van der Waals surface area contributed by atoms with Gasteiger partial charge in [0.2, 0.25) is 5.91 Å². The number of carbonyl (C=O) groups is 1. The molecular formula is C18H24N4O3S. The second kappa shape index (κ2) is 6.66. The van der Waals surface area contributed by atoms with Gasteiger partial charge >= 0.3 is 0 Å². The second-order valence-electron chi connectivity index (χ2n) is 7.37. The molecule has 0 atom stereocenters. The number of hydrogen-bond acceptors (Lipinski definition) is 5. The van der Waals surface area contributed by atoms with Crippen LogP contribution in [0.2, 0.25) is 0 Å². The molecule has 0 unspecified atom stereocenters. The van der Waals surface area contributed by atoms with Crippen molar-refractivity contribution in [2.75, 3.05) is 46.3 Å². The molecule has 1 saturated carbocycles. The van der Waals surface area contributed by atoms with E-state index in [0.717, 1.165) is 38.6 Å². The van der Waals surface area contributed by atoms with Crippen molar-refractivity contribution in [1.82, 2.24) is 14.7 Å². The van der Waals surface area contributed by atoms with Crippen LogP contribution in [0, 0.1) is 5.92 Å². The van der Waals surface area contributed by atoms with Crippen LogP contribution in [0.15, 0.2) is 33.6 Å². The average Bonchev–Trinajstić information content (AvgIpc) is 3.39. The minimum atomic E-state index is -3.66. The highest BCUT2D eigenvalue weighted by Crippen LogP contribution is 2.30. The summed E-state index contributed by atoms with van der Waals surface area (Å²) in [5, 5.41) is 0. The van der Waals surface area contributed by atoms with E-state index >= 15 is 0 Å². The Kier molecular flexibility index (Phi) is 4.48. The molecule has 0 spiro atoms. The SMILES string of the molecule is CN(CC(=O)N1CCN(CC2CC2)CC1)C1=NS(=O)(=O)c2ccccc21. The minimum Gasteiger partial charge on any atom is -0.349 e. The van der Waals surface area contributed by atoms with Gasteiger partial charge in [0.15, 0.2) is 5.84 Å². The summed E-state index contributed by atoms with van der Waals surface area (Å²) in [6.07, 6.45) is 2.69. The third-order valence-electron chi connectivity index (χ3n) is 5.28. The Morgan fingerprint density at radius 1 is 1.19 bits per heavy atom. The Morgan fingerprint density at radius 2 is 1.88 bits per heavy atom. The fourth-order valence-electron chi connectivity index (χ4n) is 3.59.